The number of carbonyl (C=O) groups is 2. The average molecular weight is 354 g/mol. The standard InChI is InChI=1S/C21H26N2O3/c1-14-5-10-17(18(24)13-14)23-19(25)11-12-22-20(26)15-6-8-16(9-7-15)21(2,3)4/h5-10,13,24H,11-12H2,1-4H3,(H,22,26)(H,23,25). The van der Waals surface area contributed by atoms with Gasteiger partial charge in [-0.3, -0.25) is 9.59 Å². The van der Waals surface area contributed by atoms with Crippen molar-refractivity contribution in [1.29, 1.82) is 0 Å². The Balaban J connectivity index is 1.83. The van der Waals surface area contributed by atoms with Gasteiger partial charge < -0.3 is 15.7 Å². The van der Waals surface area contributed by atoms with Gasteiger partial charge in [0.25, 0.3) is 5.91 Å². The Labute approximate surface area is 154 Å². The van der Waals surface area contributed by atoms with E-state index in [1.54, 1.807) is 30.3 Å². The summed E-state index contributed by atoms with van der Waals surface area (Å²) in [5, 5.41) is 15.2. The monoisotopic (exact) mass is 354 g/mol. The summed E-state index contributed by atoms with van der Waals surface area (Å²) in [5.74, 6) is -0.453. The summed E-state index contributed by atoms with van der Waals surface area (Å²) in [5.41, 5.74) is 3.03. The van der Waals surface area contributed by atoms with Gasteiger partial charge in [0.05, 0.1) is 5.69 Å². The third-order valence-electron chi connectivity index (χ3n) is 4.08. The van der Waals surface area contributed by atoms with E-state index in [-0.39, 0.29) is 35.9 Å². The number of phenols is 1. The van der Waals surface area contributed by atoms with E-state index in [1.165, 1.54) is 0 Å². The maximum absolute atomic E-state index is 12.2. The summed E-state index contributed by atoms with van der Waals surface area (Å²) in [4.78, 5) is 24.1. The first-order valence-corrected chi connectivity index (χ1v) is 8.65. The summed E-state index contributed by atoms with van der Waals surface area (Å²) in [6, 6.07) is 12.5. The molecule has 138 valence electrons. The fourth-order valence-corrected chi connectivity index (χ4v) is 2.47. The lowest BCUT2D eigenvalue weighted by Crippen LogP contribution is -2.27. The number of aromatic hydroxyl groups is 1. The third kappa shape index (κ3) is 5.34. The molecule has 0 heterocycles. The predicted octanol–water partition coefficient (Wildman–Crippen LogP) is 3.76. The number of phenolic OH excluding ortho intramolecular Hbond substituents is 1. The van der Waals surface area contributed by atoms with E-state index in [2.05, 4.69) is 31.4 Å². The van der Waals surface area contributed by atoms with Crippen LogP contribution >= 0.6 is 0 Å². The molecule has 0 aliphatic carbocycles. The number of nitrogens with one attached hydrogen (secondary N) is 2. The molecule has 2 aromatic carbocycles. The zero-order chi connectivity index (χ0) is 19.3. The van der Waals surface area contributed by atoms with Gasteiger partial charge in [0, 0.05) is 18.5 Å². The topological polar surface area (TPSA) is 78.4 Å². The molecule has 0 saturated carbocycles. The smallest absolute Gasteiger partial charge is 0.251 e. The zero-order valence-electron chi connectivity index (χ0n) is 15.7. The number of rotatable bonds is 5. The van der Waals surface area contributed by atoms with Crippen molar-refractivity contribution in [3.63, 3.8) is 0 Å². The van der Waals surface area contributed by atoms with Crippen LogP contribution in [-0.2, 0) is 10.2 Å². The molecule has 3 N–H and O–H groups in total. The van der Waals surface area contributed by atoms with Crippen molar-refractivity contribution < 1.29 is 14.7 Å². The van der Waals surface area contributed by atoms with Crippen LogP contribution in [0.15, 0.2) is 42.5 Å². The Morgan fingerprint density at radius 3 is 2.27 bits per heavy atom. The molecule has 0 radical (unpaired) electrons. The SMILES string of the molecule is Cc1ccc(NC(=O)CCNC(=O)c2ccc(C(C)(C)C)cc2)c(O)c1. The zero-order valence-corrected chi connectivity index (χ0v) is 15.7. The lowest BCUT2D eigenvalue weighted by molar-refractivity contribution is -0.116. The minimum atomic E-state index is -0.271. The van der Waals surface area contributed by atoms with Crippen LogP contribution in [0, 0.1) is 6.92 Å². The number of anilines is 1. The molecule has 0 bridgehead atoms. The Hall–Kier alpha value is -2.82. The Morgan fingerprint density at radius 2 is 1.69 bits per heavy atom. The average Bonchev–Trinajstić information content (AvgIpc) is 2.56. The lowest BCUT2D eigenvalue weighted by Gasteiger charge is -2.19. The molecule has 5 heteroatoms. The molecule has 0 aromatic heterocycles. The van der Waals surface area contributed by atoms with Crippen LogP contribution in [0.2, 0.25) is 0 Å². The van der Waals surface area contributed by atoms with Crippen LogP contribution in [0.1, 0.15) is 48.7 Å². The second-order valence-corrected chi connectivity index (χ2v) is 7.40. The highest BCUT2D eigenvalue weighted by atomic mass is 16.3. The van der Waals surface area contributed by atoms with Crippen LogP contribution in [0.25, 0.3) is 0 Å². The normalized spacial score (nSPS) is 11.1. The van der Waals surface area contributed by atoms with E-state index in [0.717, 1.165) is 11.1 Å². The lowest BCUT2D eigenvalue weighted by atomic mass is 9.87. The Bertz CT molecular complexity index is 790. The van der Waals surface area contributed by atoms with Crippen LogP contribution in [0.3, 0.4) is 0 Å². The first kappa shape index (κ1) is 19.5. The van der Waals surface area contributed by atoms with Crippen LogP contribution in [0.5, 0.6) is 5.75 Å². The maximum Gasteiger partial charge on any atom is 0.251 e. The highest BCUT2D eigenvalue weighted by Crippen LogP contribution is 2.24. The second-order valence-electron chi connectivity index (χ2n) is 7.40. The van der Waals surface area contributed by atoms with E-state index in [9.17, 15) is 14.7 Å². The van der Waals surface area contributed by atoms with Crippen molar-refractivity contribution in [1.82, 2.24) is 5.32 Å². The van der Waals surface area contributed by atoms with E-state index < -0.39 is 0 Å². The van der Waals surface area contributed by atoms with E-state index >= 15 is 0 Å². The molecule has 2 rings (SSSR count). The predicted molar refractivity (Wildman–Crippen MR) is 104 cm³/mol. The molecule has 2 aromatic rings. The van der Waals surface area contributed by atoms with Crippen LogP contribution < -0.4 is 10.6 Å². The van der Waals surface area contributed by atoms with Crippen LogP contribution in [0.4, 0.5) is 5.69 Å². The van der Waals surface area contributed by atoms with E-state index in [0.29, 0.717) is 11.3 Å². The maximum atomic E-state index is 12.2. The van der Waals surface area contributed by atoms with Gasteiger partial charge >= 0.3 is 0 Å². The van der Waals surface area contributed by atoms with Crippen molar-refractivity contribution in [2.24, 2.45) is 0 Å². The van der Waals surface area contributed by atoms with Gasteiger partial charge in [-0.15, -0.1) is 0 Å². The molecule has 0 fully saturated rings. The molecule has 0 saturated heterocycles. The summed E-state index contributed by atoms with van der Waals surface area (Å²) in [6.07, 6.45) is 0.124. The van der Waals surface area contributed by atoms with E-state index in [1.807, 2.05) is 19.1 Å². The third-order valence-corrected chi connectivity index (χ3v) is 4.08. The first-order chi connectivity index (χ1) is 12.2. The summed E-state index contributed by atoms with van der Waals surface area (Å²) in [7, 11) is 0. The minimum absolute atomic E-state index is 0.0290. The second kappa shape index (κ2) is 8.04. The first-order valence-electron chi connectivity index (χ1n) is 8.65. The minimum Gasteiger partial charge on any atom is -0.506 e. The number of amides is 2. The molecule has 0 atom stereocenters. The Morgan fingerprint density at radius 1 is 1.04 bits per heavy atom. The number of hydrogen-bond donors (Lipinski definition) is 3. The van der Waals surface area contributed by atoms with Crippen molar-refractivity contribution in [3.05, 3.63) is 59.2 Å². The van der Waals surface area contributed by atoms with Crippen LogP contribution in [-0.4, -0.2) is 23.5 Å². The molecule has 26 heavy (non-hydrogen) atoms. The summed E-state index contributed by atoms with van der Waals surface area (Å²) in [6.45, 7) is 8.43. The van der Waals surface area contributed by atoms with Crippen molar-refractivity contribution in [2.75, 3.05) is 11.9 Å². The molecule has 5 nitrogen and oxygen atoms in total. The number of benzene rings is 2. The van der Waals surface area contributed by atoms with Gasteiger partial charge in [0.15, 0.2) is 0 Å². The van der Waals surface area contributed by atoms with Gasteiger partial charge in [-0.1, -0.05) is 39.0 Å². The molecule has 0 spiro atoms. The van der Waals surface area contributed by atoms with Crippen molar-refractivity contribution in [2.45, 2.75) is 39.5 Å². The fraction of sp³-hybridized carbons (Fsp3) is 0.333. The van der Waals surface area contributed by atoms with Crippen molar-refractivity contribution in [3.8, 4) is 5.75 Å². The highest BCUT2D eigenvalue weighted by molar-refractivity contribution is 5.95. The number of carbonyl (C=O) groups excluding carboxylic acids is 2. The Kier molecular flexibility index (Phi) is 6.03. The number of hydrogen-bond acceptors (Lipinski definition) is 3. The number of aryl methyl sites for hydroxylation is 1. The summed E-state index contributed by atoms with van der Waals surface area (Å²) >= 11 is 0. The van der Waals surface area contributed by atoms with Gasteiger partial charge in [-0.05, 0) is 47.7 Å². The quantitative estimate of drug-likeness (QED) is 0.716. The molecular formula is C21H26N2O3. The molecular weight excluding hydrogens is 328 g/mol. The van der Waals surface area contributed by atoms with Crippen molar-refractivity contribution >= 4 is 17.5 Å². The largest absolute Gasteiger partial charge is 0.506 e. The molecule has 2 amide bonds. The van der Waals surface area contributed by atoms with Gasteiger partial charge in [-0.2, -0.15) is 0 Å². The molecule has 0 aliphatic rings. The molecule has 0 unspecified atom stereocenters. The summed E-state index contributed by atoms with van der Waals surface area (Å²) < 4.78 is 0. The van der Waals surface area contributed by atoms with Gasteiger partial charge in [-0.25, -0.2) is 0 Å². The van der Waals surface area contributed by atoms with Gasteiger partial charge in [0.1, 0.15) is 5.75 Å². The molecule has 0 aliphatic heterocycles. The van der Waals surface area contributed by atoms with Gasteiger partial charge in [0.2, 0.25) is 5.91 Å². The van der Waals surface area contributed by atoms with E-state index in [4.69, 9.17) is 0 Å². The highest BCUT2D eigenvalue weighted by Gasteiger charge is 2.14. The fourth-order valence-electron chi connectivity index (χ4n) is 2.47.